The van der Waals surface area contributed by atoms with Gasteiger partial charge >= 0.3 is 0 Å². The molecule has 0 radical (unpaired) electrons. The number of aromatic amines is 1. The zero-order valence-electron chi connectivity index (χ0n) is 8.53. The molecule has 0 bridgehead atoms. The van der Waals surface area contributed by atoms with Gasteiger partial charge in [-0.2, -0.15) is 0 Å². The van der Waals surface area contributed by atoms with Crippen LogP contribution in [0.3, 0.4) is 0 Å². The first-order valence-corrected chi connectivity index (χ1v) is 6.85. The molecule has 5 heteroatoms. The van der Waals surface area contributed by atoms with Gasteiger partial charge in [-0.25, -0.2) is 0 Å². The highest BCUT2D eigenvalue weighted by molar-refractivity contribution is 7.73. The fourth-order valence-corrected chi connectivity index (χ4v) is 3.07. The molecule has 0 unspecified atom stereocenters. The maximum atomic E-state index is 5.00. The Morgan fingerprint density at radius 3 is 2.53 bits per heavy atom. The van der Waals surface area contributed by atoms with E-state index < -0.39 is 0 Å². The molecule has 0 aliphatic heterocycles. The Morgan fingerprint density at radius 1 is 1.40 bits per heavy atom. The second kappa shape index (κ2) is 3.87. The van der Waals surface area contributed by atoms with Crippen LogP contribution >= 0.6 is 23.6 Å². The highest BCUT2D eigenvalue weighted by Crippen LogP contribution is 2.49. The third kappa shape index (κ3) is 2.39. The maximum absolute atomic E-state index is 5.00. The Morgan fingerprint density at radius 2 is 2.07 bits per heavy atom. The van der Waals surface area contributed by atoms with Crippen LogP contribution in [0.5, 0.6) is 0 Å². The lowest BCUT2D eigenvalue weighted by molar-refractivity contribution is 0.428. The van der Waals surface area contributed by atoms with Crippen LogP contribution in [0.15, 0.2) is 0 Å². The zero-order chi connectivity index (χ0) is 10.3. The SMILES string of the molecule is S=c1[nH]nc(NCC(C2CC2)C2CC2)s1. The summed E-state index contributed by atoms with van der Waals surface area (Å²) in [7, 11) is 0. The lowest BCUT2D eigenvalue weighted by Crippen LogP contribution is -2.18. The number of anilines is 1. The first-order chi connectivity index (χ1) is 7.33. The second-order valence-corrected chi connectivity index (χ2v) is 6.30. The summed E-state index contributed by atoms with van der Waals surface area (Å²) in [5, 5.41) is 11.3. The molecule has 0 spiro atoms. The maximum Gasteiger partial charge on any atom is 0.204 e. The van der Waals surface area contributed by atoms with Crippen LogP contribution in [0.4, 0.5) is 5.13 Å². The van der Waals surface area contributed by atoms with E-state index in [4.69, 9.17) is 12.2 Å². The summed E-state index contributed by atoms with van der Waals surface area (Å²) in [4.78, 5) is 0. The van der Waals surface area contributed by atoms with Gasteiger partial charge in [-0.05, 0) is 55.7 Å². The van der Waals surface area contributed by atoms with Crippen LogP contribution in [0.25, 0.3) is 0 Å². The molecule has 1 aromatic rings. The van der Waals surface area contributed by atoms with E-state index in [2.05, 4.69) is 15.5 Å². The molecule has 2 saturated carbocycles. The lowest BCUT2D eigenvalue weighted by atomic mass is 9.98. The molecule has 15 heavy (non-hydrogen) atoms. The molecule has 2 N–H and O–H groups in total. The predicted octanol–water partition coefficient (Wildman–Crippen LogP) is 3.05. The average molecular weight is 241 g/mol. The predicted molar refractivity (Wildman–Crippen MR) is 64.7 cm³/mol. The van der Waals surface area contributed by atoms with Crippen molar-refractivity contribution in [1.29, 1.82) is 0 Å². The van der Waals surface area contributed by atoms with Gasteiger partial charge in [0.05, 0.1) is 0 Å². The van der Waals surface area contributed by atoms with Crippen molar-refractivity contribution in [2.24, 2.45) is 17.8 Å². The number of aromatic nitrogens is 2. The molecule has 3 rings (SSSR count). The average Bonchev–Trinajstić information content (AvgIpc) is 3.09. The van der Waals surface area contributed by atoms with Crippen LogP contribution < -0.4 is 5.32 Å². The van der Waals surface area contributed by atoms with E-state index >= 15 is 0 Å². The van der Waals surface area contributed by atoms with E-state index in [0.717, 1.165) is 33.4 Å². The fourth-order valence-electron chi connectivity index (χ4n) is 2.28. The minimum atomic E-state index is 0.756. The minimum absolute atomic E-state index is 0.756. The molecule has 0 aromatic carbocycles. The molecule has 3 nitrogen and oxygen atoms in total. The monoisotopic (exact) mass is 241 g/mol. The Balaban J connectivity index is 1.57. The summed E-state index contributed by atoms with van der Waals surface area (Å²) in [5.41, 5.74) is 0. The number of H-pyrrole nitrogens is 1. The summed E-state index contributed by atoms with van der Waals surface area (Å²) in [6.07, 6.45) is 5.77. The van der Waals surface area contributed by atoms with Crippen molar-refractivity contribution >= 4 is 28.7 Å². The summed E-state index contributed by atoms with van der Waals surface area (Å²) < 4.78 is 0.756. The highest BCUT2D eigenvalue weighted by Gasteiger charge is 2.41. The van der Waals surface area contributed by atoms with Crippen molar-refractivity contribution in [1.82, 2.24) is 10.2 Å². The lowest BCUT2D eigenvalue weighted by Gasteiger charge is -2.15. The van der Waals surface area contributed by atoms with Gasteiger partial charge in [-0.1, -0.05) is 11.3 Å². The molecule has 0 saturated heterocycles. The Kier molecular flexibility index (Phi) is 2.52. The van der Waals surface area contributed by atoms with Crippen molar-refractivity contribution in [3.05, 3.63) is 3.95 Å². The third-order valence-electron chi connectivity index (χ3n) is 3.38. The molecular weight excluding hydrogens is 226 g/mol. The van der Waals surface area contributed by atoms with Gasteiger partial charge < -0.3 is 5.32 Å². The molecular formula is C10H15N3S2. The van der Waals surface area contributed by atoms with E-state index in [0.29, 0.717) is 0 Å². The van der Waals surface area contributed by atoms with Crippen molar-refractivity contribution in [2.45, 2.75) is 25.7 Å². The first-order valence-electron chi connectivity index (χ1n) is 5.62. The summed E-state index contributed by atoms with van der Waals surface area (Å²) in [5.74, 6) is 2.89. The van der Waals surface area contributed by atoms with Gasteiger partial charge in [0.15, 0.2) is 3.95 Å². The molecule has 2 aliphatic carbocycles. The minimum Gasteiger partial charge on any atom is -0.360 e. The molecule has 0 atom stereocenters. The topological polar surface area (TPSA) is 40.7 Å². The molecule has 2 aliphatic rings. The number of hydrogen-bond acceptors (Lipinski definition) is 4. The normalized spacial score (nSPS) is 20.9. The number of nitrogens with zero attached hydrogens (tertiary/aromatic N) is 1. The van der Waals surface area contributed by atoms with Gasteiger partial charge in [0, 0.05) is 6.54 Å². The third-order valence-corrected chi connectivity index (χ3v) is 4.43. The van der Waals surface area contributed by atoms with Crippen molar-refractivity contribution in [3.8, 4) is 0 Å². The molecule has 1 aromatic heterocycles. The van der Waals surface area contributed by atoms with Crippen molar-refractivity contribution < 1.29 is 0 Å². The molecule has 1 heterocycles. The number of rotatable bonds is 5. The van der Waals surface area contributed by atoms with Crippen LogP contribution in [-0.4, -0.2) is 16.7 Å². The Bertz CT molecular complexity index is 377. The van der Waals surface area contributed by atoms with E-state index in [-0.39, 0.29) is 0 Å². The Labute approximate surface area is 98.3 Å². The van der Waals surface area contributed by atoms with Crippen LogP contribution in [0.1, 0.15) is 25.7 Å². The smallest absolute Gasteiger partial charge is 0.204 e. The summed E-state index contributed by atoms with van der Waals surface area (Å²) in [6, 6.07) is 0. The standard InChI is InChI=1S/C10H15N3S2/c14-10-13-12-9(15-10)11-5-8(6-1-2-6)7-3-4-7/h6-8H,1-5H2,(H,11,12)(H,13,14). The van der Waals surface area contributed by atoms with Crippen LogP contribution in [0, 0.1) is 21.7 Å². The van der Waals surface area contributed by atoms with Gasteiger partial charge in [0.25, 0.3) is 0 Å². The quantitative estimate of drug-likeness (QED) is 0.778. The second-order valence-electron chi connectivity index (χ2n) is 4.64. The number of nitrogens with one attached hydrogen (secondary N) is 2. The van der Waals surface area contributed by atoms with Crippen LogP contribution in [0.2, 0.25) is 0 Å². The fraction of sp³-hybridized carbons (Fsp3) is 0.800. The number of hydrogen-bond donors (Lipinski definition) is 2. The molecule has 82 valence electrons. The van der Waals surface area contributed by atoms with E-state index in [1.165, 1.54) is 37.0 Å². The summed E-state index contributed by atoms with van der Waals surface area (Å²) >= 11 is 6.53. The van der Waals surface area contributed by atoms with E-state index in [1.807, 2.05) is 0 Å². The van der Waals surface area contributed by atoms with Gasteiger partial charge in [-0.3, -0.25) is 5.10 Å². The molecule has 0 amide bonds. The first kappa shape index (κ1) is 9.78. The zero-order valence-corrected chi connectivity index (χ0v) is 10.2. The van der Waals surface area contributed by atoms with Gasteiger partial charge in [-0.15, -0.1) is 5.10 Å². The highest BCUT2D eigenvalue weighted by atomic mass is 32.1. The van der Waals surface area contributed by atoms with Crippen molar-refractivity contribution in [2.75, 3.05) is 11.9 Å². The van der Waals surface area contributed by atoms with Crippen LogP contribution in [-0.2, 0) is 0 Å². The van der Waals surface area contributed by atoms with Crippen molar-refractivity contribution in [3.63, 3.8) is 0 Å². The van der Waals surface area contributed by atoms with Gasteiger partial charge in [0.1, 0.15) is 0 Å². The largest absolute Gasteiger partial charge is 0.360 e. The Hall–Kier alpha value is -0.420. The van der Waals surface area contributed by atoms with Gasteiger partial charge in [0.2, 0.25) is 5.13 Å². The van der Waals surface area contributed by atoms with E-state index in [1.54, 1.807) is 0 Å². The van der Waals surface area contributed by atoms with E-state index in [9.17, 15) is 0 Å². The molecule has 2 fully saturated rings. The summed E-state index contributed by atoms with van der Waals surface area (Å²) in [6.45, 7) is 1.09.